The maximum absolute atomic E-state index is 8.80. The van der Waals surface area contributed by atoms with Crippen molar-refractivity contribution in [2.75, 3.05) is 13.2 Å². The Balaban J connectivity index is 1.53. The molecule has 1 aromatic heterocycles. The Hall–Kier alpha value is -2.16. The predicted molar refractivity (Wildman–Crippen MR) is 82.9 cm³/mol. The number of hydrogen-bond acceptors (Lipinski definition) is 4. The summed E-state index contributed by atoms with van der Waals surface area (Å²) in [6, 6.07) is 9.84. The van der Waals surface area contributed by atoms with Crippen LogP contribution in [-0.4, -0.2) is 22.9 Å². The van der Waals surface area contributed by atoms with Crippen molar-refractivity contribution >= 4 is 0 Å². The summed E-state index contributed by atoms with van der Waals surface area (Å²) in [5.41, 5.74) is 3.05. The lowest BCUT2D eigenvalue weighted by atomic mass is 9.97. The van der Waals surface area contributed by atoms with Gasteiger partial charge in [-0.3, -0.25) is 4.68 Å². The molecule has 1 aliphatic rings. The van der Waals surface area contributed by atoms with Crippen LogP contribution < -0.4 is 5.32 Å². The van der Waals surface area contributed by atoms with E-state index < -0.39 is 0 Å². The zero-order chi connectivity index (χ0) is 15.4. The normalized spacial score (nSPS) is 20.9. The average molecular weight is 296 g/mol. The van der Waals surface area contributed by atoms with Crippen LogP contribution in [0.15, 0.2) is 36.7 Å². The summed E-state index contributed by atoms with van der Waals surface area (Å²) in [7, 11) is 1.93. The molecule has 114 valence electrons. The summed E-state index contributed by atoms with van der Waals surface area (Å²) in [6.07, 6.45) is 5.13. The number of rotatable bonds is 5. The third kappa shape index (κ3) is 3.35. The first kappa shape index (κ1) is 14.8. The molecule has 2 atom stereocenters. The minimum atomic E-state index is 0.141. The van der Waals surface area contributed by atoms with E-state index in [1.165, 1.54) is 5.56 Å². The van der Waals surface area contributed by atoms with Crippen LogP contribution in [-0.2, 0) is 18.3 Å². The Morgan fingerprint density at radius 1 is 1.41 bits per heavy atom. The number of nitriles is 1. The van der Waals surface area contributed by atoms with Gasteiger partial charge in [-0.25, -0.2) is 0 Å². The molecule has 0 amide bonds. The summed E-state index contributed by atoms with van der Waals surface area (Å²) in [4.78, 5) is 0. The van der Waals surface area contributed by atoms with Crippen LogP contribution >= 0.6 is 0 Å². The molecule has 2 aromatic rings. The summed E-state index contributed by atoms with van der Waals surface area (Å²) >= 11 is 0. The summed E-state index contributed by atoms with van der Waals surface area (Å²) < 4.78 is 7.69. The van der Waals surface area contributed by atoms with Crippen molar-refractivity contribution in [2.45, 2.75) is 19.1 Å². The van der Waals surface area contributed by atoms with Crippen LogP contribution in [0.3, 0.4) is 0 Å². The van der Waals surface area contributed by atoms with Gasteiger partial charge in [0.15, 0.2) is 0 Å². The van der Waals surface area contributed by atoms with Gasteiger partial charge in [0, 0.05) is 44.4 Å². The maximum Gasteiger partial charge on any atom is 0.0991 e. The van der Waals surface area contributed by atoms with Gasteiger partial charge in [-0.2, -0.15) is 10.4 Å². The molecule has 1 aliphatic heterocycles. The van der Waals surface area contributed by atoms with E-state index in [2.05, 4.69) is 16.5 Å². The van der Waals surface area contributed by atoms with Crippen molar-refractivity contribution in [3.63, 3.8) is 0 Å². The quantitative estimate of drug-likeness (QED) is 0.918. The topological polar surface area (TPSA) is 62.9 Å². The van der Waals surface area contributed by atoms with Gasteiger partial charge in [0.1, 0.15) is 0 Å². The fraction of sp³-hybridized carbons (Fsp3) is 0.412. The van der Waals surface area contributed by atoms with E-state index in [1.807, 2.05) is 48.4 Å². The standard InChI is InChI=1S/C17H20N4O/c1-21-12-16(11-20-21)17-15(6-7-22-17)10-19-9-14-4-2-13(8-18)3-5-14/h2-5,11-12,15,17,19H,6-7,9-10H2,1H3/t15-,17+/m1/s1. The fourth-order valence-corrected chi connectivity index (χ4v) is 2.90. The number of hydrogen-bond donors (Lipinski definition) is 1. The second kappa shape index (κ2) is 6.73. The molecule has 22 heavy (non-hydrogen) atoms. The molecule has 0 aliphatic carbocycles. The smallest absolute Gasteiger partial charge is 0.0991 e. The molecule has 0 spiro atoms. The van der Waals surface area contributed by atoms with Crippen molar-refractivity contribution < 1.29 is 4.74 Å². The summed E-state index contributed by atoms with van der Waals surface area (Å²) in [5.74, 6) is 0.475. The molecule has 0 bridgehead atoms. The van der Waals surface area contributed by atoms with Crippen molar-refractivity contribution in [2.24, 2.45) is 13.0 Å². The molecular formula is C17H20N4O. The summed E-state index contributed by atoms with van der Waals surface area (Å²) in [6.45, 7) is 2.53. The highest BCUT2D eigenvalue weighted by Gasteiger charge is 2.30. The fourth-order valence-electron chi connectivity index (χ4n) is 2.90. The number of aromatic nitrogens is 2. The Kier molecular flexibility index (Phi) is 4.52. The van der Waals surface area contributed by atoms with Crippen LogP contribution in [0.1, 0.15) is 29.2 Å². The van der Waals surface area contributed by atoms with Crippen molar-refractivity contribution in [3.8, 4) is 6.07 Å². The lowest BCUT2D eigenvalue weighted by molar-refractivity contribution is 0.0904. The molecule has 0 unspecified atom stereocenters. The molecule has 0 saturated carbocycles. The van der Waals surface area contributed by atoms with Crippen molar-refractivity contribution in [1.29, 1.82) is 5.26 Å². The number of nitrogens with zero attached hydrogens (tertiary/aromatic N) is 3. The van der Waals surface area contributed by atoms with Gasteiger partial charge in [0.2, 0.25) is 0 Å². The van der Waals surface area contributed by atoms with Crippen LogP contribution in [0, 0.1) is 17.2 Å². The van der Waals surface area contributed by atoms with E-state index in [0.717, 1.165) is 31.7 Å². The Bertz CT molecular complexity index is 656. The Morgan fingerprint density at radius 2 is 2.23 bits per heavy atom. The third-order valence-corrected chi connectivity index (χ3v) is 4.09. The van der Waals surface area contributed by atoms with E-state index in [-0.39, 0.29) is 6.10 Å². The van der Waals surface area contributed by atoms with Crippen LogP contribution in [0.4, 0.5) is 0 Å². The molecule has 5 nitrogen and oxygen atoms in total. The summed E-state index contributed by atoms with van der Waals surface area (Å²) in [5, 5.41) is 16.5. The SMILES string of the molecule is Cn1cc([C@H]2OCC[C@@H]2CNCc2ccc(C#N)cc2)cn1. The van der Waals surface area contributed by atoms with Crippen molar-refractivity contribution in [3.05, 3.63) is 53.3 Å². The van der Waals surface area contributed by atoms with Crippen molar-refractivity contribution in [1.82, 2.24) is 15.1 Å². The van der Waals surface area contributed by atoms with Gasteiger partial charge < -0.3 is 10.1 Å². The van der Waals surface area contributed by atoms with Gasteiger partial charge in [-0.1, -0.05) is 12.1 Å². The molecule has 2 heterocycles. The number of nitrogens with one attached hydrogen (secondary N) is 1. The highest BCUT2D eigenvalue weighted by molar-refractivity contribution is 5.31. The first-order chi connectivity index (χ1) is 10.8. The van der Waals surface area contributed by atoms with E-state index in [4.69, 9.17) is 10.00 Å². The average Bonchev–Trinajstić information content (AvgIpc) is 3.16. The van der Waals surface area contributed by atoms with E-state index in [0.29, 0.717) is 11.5 Å². The third-order valence-electron chi connectivity index (χ3n) is 4.09. The van der Waals surface area contributed by atoms with Gasteiger partial charge in [-0.05, 0) is 24.1 Å². The van der Waals surface area contributed by atoms with Crippen LogP contribution in [0.5, 0.6) is 0 Å². The van der Waals surface area contributed by atoms with Gasteiger partial charge in [0.05, 0.1) is 23.9 Å². The Labute approximate surface area is 130 Å². The lowest BCUT2D eigenvalue weighted by Gasteiger charge is -2.17. The molecule has 1 N–H and O–H groups in total. The molecule has 1 fully saturated rings. The second-order valence-electron chi connectivity index (χ2n) is 5.73. The minimum absolute atomic E-state index is 0.141. The molecule has 1 saturated heterocycles. The number of ether oxygens (including phenoxy) is 1. The zero-order valence-electron chi connectivity index (χ0n) is 12.7. The van der Waals surface area contributed by atoms with Gasteiger partial charge in [-0.15, -0.1) is 0 Å². The highest BCUT2D eigenvalue weighted by Crippen LogP contribution is 2.33. The first-order valence-corrected chi connectivity index (χ1v) is 7.56. The Morgan fingerprint density at radius 3 is 2.91 bits per heavy atom. The lowest BCUT2D eigenvalue weighted by Crippen LogP contribution is -2.24. The number of aryl methyl sites for hydroxylation is 1. The molecular weight excluding hydrogens is 276 g/mol. The predicted octanol–water partition coefficient (Wildman–Crippen LogP) is 2.16. The van der Waals surface area contributed by atoms with E-state index in [9.17, 15) is 0 Å². The zero-order valence-corrected chi connectivity index (χ0v) is 12.7. The van der Waals surface area contributed by atoms with E-state index in [1.54, 1.807) is 0 Å². The first-order valence-electron chi connectivity index (χ1n) is 7.56. The van der Waals surface area contributed by atoms with Gasteiger partial charge in [0.25, 0.3) is 0 Å². The monoisotopic (exact) mass is 296 g/mol. The van der Waals surface area contributed by atoms with E-state index >= 15 is 0 Å². The molecule has 3 rings (SSSR count). The second-order valence-corrected chi connectivity index (χ2v) is 5.73. The van der Waals surface area contributed by atoms with Crippen LogP contribution in [0.2, 0.25) is 0 Å². The molecule has 0 radical (unpaired) electrons. The maximum atomic E-state index is 8.80. The molecule has 5 heteroatoms. The highest BCUT2D eigenvalue weighted by atomic mass is 16.5. The minimum Gasteiger partial charge on any atom is -0.373 e. The number of benzene rings is 1. The largest absolute Gasteiger partial charge is 0.373 e. The molecule has 1 aromatic carbocycles. The van der Waals surface area contributed by atoms with Gasteiger partial charge >= 0.3 is 0 Å². The van der Waals surface area contributed by atoms with Crippen LogP contribution in [0.25, 0.3) is 0 Å².